The molecular weight excluding hydrogens is 800 g/mol. The fourth-order valence-electron chi connectivity index (χ4n) is 10.5. The van der Waals surface area contributed by atoms with Crippen LogP contribution in [-0.2, 0) is 10.8 Å². The number of furan rings is 1. The second-order valence-electron chi connectivity index (χ2n) is 20.2. The zero-order valence-corrected chi connectivity index (χ0v) is 38.5. The summed E-state index contributed by atoms with van der Waals surface area (Å²) in [6, 6.07) is 69.2. The summed E-state index contributed by atoms with van der Waals surface area (Å²) in [6.45, 7) is 13.7. The summed E-state index contributed by atoms with van der Waals surface area (Å²) in [4.78, 5) is 0. The lowest BCUT2D eigenvalue weighted by Crippen LogP contribution is -2.37. The Hall–Kier alpha value is -7.56. The number of hydrogen-bond acceptors (Lipinski definition) is 2. The summed E-state index contributed by atoms with van der Waals surface area (Å²) in [5, 5.41) is 10.1. The van der Waals surface area contributed by atoms with Crippen LogP contribution in [-0.4, -0.2) is 11.8 Å². The molecule has 0 saturated carbocycles. The third-order valence-electron chi connectivity index (χ3n) is 13.9. The highest BCUT2D eigenvalue weighted by Gasteiger charge is 2.31. The molecule has 0 aliphatic carbocycles. The van der Waals surface area contributed by atoms with Gasteiger partial charge in [0, 0.05) is 55.4 Å². The van der Waals surface area contributed by atoms with Crippen LogP contribution in [0.3, 0.4) is 0 Å². The van der Waals surface area contributed by atoms with Crippen LogP contribution in [0.1, 0.15) is 52.7 Å². The number of anilines is 2. The first-order valence-electron chi connectivity index (χ1n) is 23.3. The minimum Gasteiger partial charge on any atom is -0.455 e. The quantitative estimate of drug-likeness (QED) is 0.169. The van der Waals surface area contributed by atoms with Crippen molar-refractivity contribution < 1.29 is 4.42 Å². The van der Waals surface area contributed by atoms with Crippen molar-refractivity contribution in [1.29, 1.82) is 0 Å². The highest BCUT2D eigenvalue weighted by atomic mass is 16.3. The number of para-hydroxylation sites is 1. The Labute approximate surface area is 387 Å². The molecule has 12 rings (SSSR count). The summed E-state index contributed by atoms with van der Waals surface area (Å²) in [5.74, 6) is 0.891. The van der Waals surface area contributed by atoms with Gasteiger partial charge in [0.25, 0.3) is 0 Å². The lowest BCUT2D eigenvalue weighted by atomic mass is 9.58. The normalized spacial score (nSPS) is 12.5. The summed E-state index contributed by atoms with van der Waals surface area (Å²) < 4.78 is 9.60. The van der Waals surface area contributed by atoms with Gasteiger partial charge in [-0.05, 0) is 103 Å². The van der Waals surface area contributed by atoms with E-state index in [4.69, 9.17) is 4.42 Å². The van der Waals surface area contributed by atoms with E-state index >= 15 is 0 Å². The number of nitrogens with one attached hydrogen (secondary N) is 1. The van der Waals surface area contributed by atoms with E-state index in [2.05, 4.69) is 239 Å². The smallest absolute Gasteiger partial charge is 0.198 e. The lowest BCUT2D eigenvalue weighted by molar-refractivity contribution is 0.590. The van der Waals surface area contributed by atoms with E-state index in [-0.39, 0.29) is 10.8 Å². The molecule has 1 N–H and O–H groups in total. The van der Waals surface area contributed by atoms with Crippen LogP contribution in [0.15, 0.2) is 192 Å². The second kappa shape index (κ2) is 15.0. The van der Waals surface area contributed by atoms with Gasteiger partial charge in [0.15, 0.2) is 7.28 Å². The van der Waals surface area contributed by atoms with Gasteiger partial charge in [-0.25, -0.2) is 0 Å². The molecule has 0 atom stereocenters. The van der Waals surface area contributed by atoms with E-state index in [1.165, 1.54) is 82.6 Å². The molecule has 66 heavy (non-hydrogen) atoms. The van der Waals surface area contributed by atoms with Gasteiger partial charge in [-0.1, -0.05) is 193 Å². The van der Waals surface area contributed by atoms with E-state index in [9.17, 15) is 0 Å². The van der Waals surface area contributed by atoms with E-state index in [1.807, 2.05) is 0 Å². The Morgan fingerprint density at radius 3 is 1.85 bits per heavy atom. The number of nitrogens with zero attached hydrogens (tertiary/aromatic N) is 1. The van der Waals surface area contributed by atoms with Crippen molar-refractivity contribution in [3.63, 3.8) is 0 Å². The average Bonchev–Trinajstić information content (AvgIpc) is 3.89. The fraction of sp³-hybridized carbons (Fsp3) is 0.129. The van der Waals surface area contributed by atoms with Gasteiger partial charge in [-0.3, -0.25) is 0 Å². The van der Waals surface area contributed by atoms with E-state index < -0.39 is 0 Å². The molecule has 2 aromatic heterocycles. The Kier molecular flexibility index (Phi) is 9.09. The lowest BCUT2D eigenvalue weighted by Gasteiger charge is -2.25. The molecule has 0 saturated heterocycles. The molecule has 4 heteroatoms. The van der Waals surface area contributed by atoms with Crippen molar-refractivity contribution >= 4 is 73.1 Å². The Morgan fingerprint density at radius 2 is 1.14 bits per heavy atom. The van der Waals surface area contributed by atoms with Crippen LogP contribution in [0.25, 0.3) is 93.9 Å². The minimum atomic E-state index is 0.0345. The van der Waals surface area contributed by atoms with Crippen molar-refractivity contribution in [1.82, 2.24) is 4.57 Å². The third kappa shape index (κ3) is 6.50. The highest BCUT2D eigenvalue weighted by molar-refractivity contribution is 6.74. The predicted molar refractivity (Wildman–Crippen MR) is 283 cm³/mol. The van der Waals surface area contributed by atoms with E-state index in [0.29, 0.717) is 0 Å². The predicted octanol–water partition coefficient (Wildman–Crippen LogP) is 15.4. The molecule has 0 radical (unpaired) electrons. The summed E-state index contributed by atoms with van der Waals surface area (Å²) in [7, 11) is 0.741. The van der Waals surface area contributed by atoms with Crippen molar-refractivity contribution in [2.24, 2.45) is 0 Å². The van der Waals surface area contributed by atoms with Crippen LogP contribution >= 0.6 is 0 Å². The average molecular weight is 851 g/mol. The van der Waals surface area contributed by atoms with Gasteiger partial charge in [0.2, 0.25) is 0 Å². The molecule has 0 unspecified atom stereocenters. The van der Waals surface area contributed by atoms with Gasteiger partial charge in [-0.15, -0.1) is 0 Å². The standard InChI is InChI=1S/C62H51BN2O/c1-61(2,3)42-28-25-39(26-29-42)47-35-48(46-23-15-16-24-51(46)64-44-32-30-43(31-33-44)62(4,5)6)58-59-57(47)56-45-22-14-13-17-38(45)27-34-52(56)65(59)53-36-49-54(37-50(53)63-58)66-60(41-20-11-8-12-21-41)55(49)40-18-9-7-10-19-40/h7-37,63-64H,1-6H3. The van der Waals surface area contributed by atoms with Crippen LogP contribution < -0.4 is 16.2 Å². The SMILES string of the molecule is CC(C)(C)c1ccc(Nc2ccccc2-c2cc(-c3ccc(C(C)(C)C)cc3)c3c4c5ccccc5ccc4n4c3c2Bc2cc3oc(-c5ccccc5)c(-c5ccccc5)c3cc2-4)cc1. The number of rotatable bonds is 6. The summed E-state index contributed by atoms with van der Waals surface area (Å²) in [5.41, 5.74) is 20.1. The topological polar surface area (TPSA) is 30.1 Å². The second-order valence-corrected chi connectivity index (χ2v) is 20.2. The molecule has 318 valence electrons. The minimum absolute atomic E-state index is 0.0345. The largest absolute Gasteiger partial charge is 0.455 e. The number of fused-ring (bicyclic) bond motifs is 8. The van der Waals surface area contributed by atoms with Crippen molar-refractivity contribution in [2.45, 2.75) is 52.4 Å². The van der Waals surface area contributed by atoms with Crippen LogP contribution in [0.5, 0.6) is 0 Å². The first-order valence-corrected chi connectivity index (χ1v) is 23.3. The van der Waals surface area contributed by atoms with Crippen LogP contribution in [0.2, 0.25) is 0 Å². The molecule has 11 aromatic rings. The number of aromatic nitrogens is 1. The van der Waals surface area contributed by atoms with E-state index in [0.717, 1.165) is 52.1 Å². The van der Waals surface area contributed by atoms with Gasteiger partial charge in [-0.2, -0.15) is 0 Å². The molecule has 1 aliphatic heterocycles. The summed E-state index contributed by atoms with van der Waals surface area (Å²) in [6.07, 6.45) is 0. The zero-order valence-electron chi connectivity index (χ0n) is 38.5. The molecule has 0 spiro atoms. The monoisotopic (exact) mass is 850 g/mol. The molecule has 0 amide bonds. The molecule has 0 fully saturated rings. The maximum Gasteiger partial charge on any atom is 0.198 e. The van der Waals surface area contributed by atoms with Crippen molar-refractivity contribution in [3.8, 4) is 50.4 Å². The maximum atomic E-state index is 7.01. The molecular formula is C62H51BN2O. The Morgan fingerprint density at radius 1 is 0.500 bits per heavy atom. The maximum absolute atomic E-state index is 7.01. The molecule has 1 aliphatic rings. The van der Waals surface area contributed by atoms with Crippen molar-refractivity contribution in [2.75, 3.05) is 5.32 Å². The number of benzene rings is 9. The fourth-order valence-corrected chi connectivity index (χ4v) is 10.5. The van der Waals surface area contributed by atoms with Crippen molar-refractivity contribution in [3.05, 3.63) is 199 Å². The first kappa shape index (κ1) is 40.0. The van der Waals surface area contributed by atoms with Gasteiger partial charge < -0.3 is 14.3 Å². The molecule has 9 aromatic carbocycles. The molecule has 3 heterocycles. The highest BCUT2D eigenvalue weighted by Crippen LogP contribution is 2.47. The first-order chi connectivity index (χ1) is 32.0. The van der Waals surface area contributed by atoms with E-state index in [1.54, 1.807) is 0 Å². The van der Waals surface area contributed by atoms with Gasteiger partial charge in [0.05, 0.1) is 5.52 Å². The molecule has 3 nitrogen and oxygen atoms in total. The molecule has 0 bridgehead atoms. The van der Waals surface area contributed by atoms with Gasteiger partial charge in [0.1, 0.15) is 11.3 Å². The van der Waals surface area contributed by atoms with Gasteiger partial charge >= 0.3 is 0 Å². The Balaban J connectivity index is 1.19. The Bertz CT molecular complexity index is 3680. The zero-order chi connectivity index (χ0) is 44.9. The third-order valence-corrected chi connectivity index (χ3v) is 13.9. The van der Waals surface area contributed by atoms with Crippen LogP contribution in [0, 0.1) is 0 Å². The van der Waals surface area contributed by atoms with Crippen LogP contribution in [0.4, 0.5) is 11.4 Å². The number of hydrogen-bond donors (Lipinski definition) is 1. The summed E-state index contributed by atoms with van der Waals surface area (Å²) >= 11 is 0.